The normalized spacial score (nSPS) is 11.5. The monoisotopic (exact) mass is 272 g/mol. The molecule has 4 nitrogen and oxygen atoms in total. The molecular weight excluding hydrogens is 260 g/mol. The molecule has 0 fully saturated rings. The summed E-state index contributed by atoms with van der Waals surface area (Å²) in [6.45, 7) is 2.39. The van der Waals surface area contributed by atoms with Gasteiger partial charge in [-0.2, -0.15) is 0 Å². The summed E-state index contributed by atoms with van der Waals surface area (Å²) in [6, 6.07) is 5.72. The van der Waals surface area contributed by atoms with Crippen LogP contribution in [-0.4, -0.2) is 17.6 Å². The highest BCUT2D eigenvalue weighted by molar-refractivity contribution is 9.10. The lowest BCUT2D eigenvalue weighted by Crippen LogP contribution is -2.15. The SMILES string of the molecule is Cc1cc(OCC/C(N)=N/O)ccc1Br. The van der Waals surface area contributed by atoms with Crippen LogP contribution < -0.4 is 10.5 Å². The summed E-state index contributed by atoms with van der Waals surface area (Å²) < 4.78 is 6.47. The third kappa shape index (κ3) is 3.79. The molecule has 0 bridgehead atoms. The van der Waals surface area contributed by atoms with E-state index < -0.39 is 0 Å². The van der Waals surface area contributed by atoms with Crippen molar-refractivity contribution >= 4 is 21.8 Å². The van der Waals surface area contributed by atoms with Gasteiger partial charge in [0.2, 0.25) is 0 Å². The number of hydrogen-bond acceptors (Lipinski definition) is 3. The van der Waals surface area contributed by atoms with E-state index in [1.165, 1.54) is 0 Å². The van der Waals surface area contributed by atoms with Gasteiger partial charge in [-0.1, -0.05) is 21.1 Å². The molecule has 5 heteroatoms. The first-order valence-corrected chi connectivity index (χ1v) is 5.28. The smallest absolute Gasteiger partial charge is 0.142 e. The van der Waals surface area contributed by atoms with E-state index in [0.717, 1.165) is 15.8 Å². The third-order valence-corrected chi connectivity index (χ3v) is 2.77. The molecule has 0 atom stereocenters. The van der Waals surface area contributed by atoms with Gasteiger partial charge >= 0.3 is 0 Å². The number of benzene rings is 1. The Kier molecular flexibility index (Phi) is 4.42. The minimum Gasteiger partial charge on any atom is -0.493 e. The van der Waals surface area contributed by atoms with E-state index in [1.807, 2.05) is 25.1 Å². The van der Waals surface area contributed by atoms with Crippen LogP contribution in [0, 0.1) is 6.92 Å². The predicted molar refractivity (Wildman–Crippen MR) is 62.4 cm³/mol. The van der Waals surface area contributed by atoms with Crippen molar-refractivity contribution in [1.29, 1.82) is 0 Å². The maximum atomic E-state index is 8.31. The van der Waals surface area contributed by atoms with E-state index in [-0.39, 0.29) is 5.84 Å². The van der Waals surface area contributed by atoms with Gasteiger partial charge in [0, 0.05) is 10.9 Å². The lowest BCUT2D eigenvalue weighted by molar-refractivity contribution is 0.305. The first-order valence-electron chi connectivity index (χ1n) is 4.49. The van der Waals surface area contributed by atoms with Crippen molar-refractivity contribution in [1.82, 2.24) is 0 Å². The summed E-state index contributed by atoms with van der Waals surface area (Å²) in [7, 11) is 0. The van der Waals surface area contributed by atoms with Crippen molar-refractivity contribution < 1.29 is 9.94 Å². The van der Waals surface area contributed by atoms with Gasteiger partial charge < -0.3 is 15.7 Å². The van der Waals surface area contributed by atoms with Gasteiger partial charge in [-0.15, -0.1) is 0 Å². The molecular formula is C10H13BrN2O2. The third-order valence-electron chi connectivity index (χ3n) is 1.88. The highest BCUT2D eigenvalue weighted by Gasteiger charge is 1.99. The number of nitrogens with two attached hydrogens (primary N) is 1. The van der Waals surface area contributed by atoms with Crippen molar-refractivity contribution in [2.24, 2.45) is 10.9 Å². The van der Waals surface area contributed by atoms with Crippen LogP contribution in [0.15, 0.2) is 27.8 Å². The summed E-state index contributed by atoms with van der Waals surface area (Å²) >= 11 is 3.40. The molecule has 0 aromatic heterocycles. The fourth-order valence-electron chi connectivity index (χ4n) is 1.03. The second kappa shape index (κ2) is 5.60. The topological polar surface area (TPSA) is 67.8 Å². The van der Waals surface area contributed by atoms with Crippen LogP contribution in [-0.2, 0) is 0 Å². The van der Waals surface area contributed by atoms with Gasteiger partial charge in [0.05, 0.1) is 6.61 Å². The minimum atomic E-state index is 0.170. The molecule has 0 saturated heterocycles. The van der Waals surface area contributed by atoms with Gasteiger partial charge in [-0.25, -0.2) is 0 Å². The molecule has 0 unspecified atom stereocenters. The summed E-state index contributed by atoms with van der Waals surface area (Å²) in [5, 5.41) is 11.2. The Labute approximate surface area is 96.9 Å². The Morgan fingerprint density at radius 2 is 2.33 bits per heavy atom. The summed E-state index contributed by atoms with van der Waals surface area (Å²) in [4.78, 5) is 0. The van der Waals surface area contributed by atoms with Crippen molar-refractivity contribution in [3.8, 4) is 5.75 Å². The molecule has 1 aromatic rings. The molecule has 0 saturated carbocycles. The molecule has 3 N–H and O–H groups in total. The van der Waals surface area contributed by atoms with E-state index in [2.05, 4.69) is 21.1 Å². The number of hydrogen-bond donors (Lipinski definition) is 2. The molecule has 0 spiro atoms. The number of amidine groups is 1. The van der Waals surface area contributed by atoms with E-state index in [1.54, 1.807) is 0 Å². The molecule has 0 amide bonds. The van der Waals surface area contributed by atoms with Crippen LogP contribution in [0.25, 0.3) is 0 Å². The number of rotatable bonds is 4. The van der Waals surface area contributed by atoms with Crippen LogP contribution >= 0.6 is 15.9 Å². The zero-order chi connectivity index (χ0) is 11.3. The van der Waals surface area contributed by atoms with Crippen LogP contribution in [0.5, 0.6) is 5.75 Å². The second-order valence-electron chi connectivity index (χ2n) is 3.10. The number of halogens is 1. The first kappa shape index (κ1) is 11.8. The standard InChI is InChI=1S/C10H13BrN2O2/c1-7-6-8(2-3-9(7)11)15-5-4-10(12)13-14/h2-3,6,14H,4-5H2,1H3,(H2,12,13). The summed E-state index contributed by atoms with van der Waals surface area (Å²) in [5.74, 6) is 0.949. The van der Waals surface area contributed by atoms with Gasteiger partial charge in [-0.3, -0.25) is 0 Å². The molecule has 0 aliphatic carbocycles. The van der Waals surface area contributed by atoms with Gasteiger partial charge in [0.1, 0.15) is 11.6 Å². The molecule has 0 aliphatic heterocycles. The zero-order valence-electron chi connectivity index (χ0n) is 8.40. The van der Waals surface area contributed by atoms with E-state index in [9.17, 15) is 0 Å². The lowest BCUT2D eigenvalue weighted by atomic mass is 10.2. The molecule has 0 aliphatic rings. The molecule has 1 aromatic carbocycles. The number of nitrogens with zero attached hydrogens (tertiary/aromatic N) is 1. The van der Waals surface area contributed by atoms with Crippen LogP contribution in [0.1, 0.15) is 12.0 Å². The maximum Gasteiger partial charge on any atom is 0.142 e. The molecule has 15 heavy (non-hydrogen) atoms. The van der Waals surface area contributed by atoms with Crippen molar-refractivity contribution in [2.75, 3.05) is 6.61 Å². The average Bonchev–Trinajstić information content (AvgIpc) is 2.23. The summed E-state index contributed by atoms with van der Waals surface area (Å²) in [5.41, 5.74) is 6.41. The maximum absolute atomic E-state index is 8.31. The van der Waals surface area contributed by atoms with Crippen LogP contribution in [0.4, 0.5) is 0 Å². The Balaban J connectivity index is 2.48. The van der Waals surface area contributed by atoms with Crippen LogP contribution in [0.2, 0.25) is 0 Å². The quantitative estimate of drug-likeness (QED) is 0.382. The van der Waals surface area contributed by atoms with E-state index in [0.29, 0.717) is 13.0 Å². The zero-order valence-corrected chi connectivity index (χ0v) is 9.99. The van der Waals surface area contributed by atoms with Gasteiger partial charge in [-0.05, 0) is 30.7 Å². The molecule has 82 valence electrons. The summed E-state index contributed by atoms with van der Waals surface area (Å²) in [6.07, 6.45) is 0.408. The largest absolute Gasteiger partial charge is 0.493 e. The van der Waals surface area contributed by atoms with Gasteiger partial charge in [0.25, 0.3) is 0 Å². The molecule has 1 rings (SSSR count). The second-order valence-corrected chi connectivity index (χ2v) is 3.96. The Morgan fingerprint density at radius 3 is 2.93 bits per heavy atom. The number of aryl methyl sites for hydroxylation is 1. The highest BCUT2D eigenvalue weighted by atomic mass is 79.9. The fourth-order valence-corrected chi connectivity index (χ4v) is 1.28. The number of oxime groups is 1. The molecule has 0 heterocycles. The van der Waals surface area contributed by atoms with Gasteiger partial charge in [0.15, 0.2) is 0 Å². The van der Waals surface area contributed by atoms with Crippen molar-refractivity contribution in [3.63, 3.8) is 0 Å². The lowest BCUT2D eigenvalue weighted by Gasteiger charge is -2.06. The van der Waals surface area contributed by atoms with Crippen molar-refractivity contribution in [2.45, 2.75) is 13.3 Å². The highest BCUT2D eigenvalue weighted by Crippen LogP contribution is 2.21. The average molecular weight is 273 g/mol. The Hall–Kier alpha value is -1.23. The fraction of sp³-hybridized carbons (Fsp3) is 0.300. The van der Waals surface area contributed by atoms with Crippen molar-refractivity contribution in [3.05, 3.63) is 28.2 Å². The number of ether oxygens (including phenoxy) is 1. The molecule has 0 radical (unpaired) electrons. The van der Waals surface area contributed by atoms with E-state index >= 15 is 0 Å². The van der Waals surface area contributed by atoms with E-state index in [4.69, 9.17) is 15.7 Å². The first-order chi connectivity index (χ1) is 7.13. The minimum absolute atomic E-state index is 0.170. The predicted octanol–water partition coefficient (Wildman–Crippen LogP) is 2.27. The Morgan fingerprint density at radius 1 is 1.60 bits per heavy atom. The van der Waals surface area contributed by atoms with Crippen LogP contribution in [0.3, 0.4) is 0 Å². The Bertz CT molecular complexity index is 366.